The Balaban J connectivity index is 2.33. The molecule has 0 bridgehead atoms. The molecule has 6 nitrogen and oxygen atoms in total. The predicted molar refractivity (Wildman–Crippen MR) is 61.1 cm³/mol. The van der Waals surface area contributed by atoms with Gasteiger partial charge in [-0.05, 0) is 5.57 Å². The molecule has 0 saturated carbocycles. The van der Waals surface area contributed by atoms with Crippen LogP contribution in [0.3, 0.4) is 0 Å². The molecule has 1 aliphatic rings. The fourth-order valence-electron chi connectivity index (χ4n) is 1.46. The van der Waals surface area contributed by atoms with Crippen LogP contribution in [0.1, 0.15) is 5.69 Å². The Hall–Kier alpha value is -1.18. The van der Waals surface area contributed by atoms with Crippen LogP contribution in [-0.2, 0) is 10.2 Å². The zero-order chi connectivity index (χ0) is 11.8. The molecular formula is C9H14N4O2S. The van der Waals surface area contributed by atoms with Gasteiger partial charge in [0.1, 0.15) is 6.33 Å². The van der Waals surface area contributed by atoms with Crippen molar-refractivity contribution in [1.29, 1.82) is 0 Å². The zero-order valence-corrected chi connectivity index (χ0v) is 10.0. The second kappa shape index (κ2) is 4.00. The van der Waals surface area contributed by atoms with E-state index in [1.54, 1.807) is 0 Å². The number of nitrogens with zero attached hydrogens (tertiary/aromatic N) is 3. The summed E-state index contributed by atoms with van der Waals surface area (Å²) in [5.74, 6) is 0. The van der Waals surface area contributed by atoms with Crippen molar-refractivity contribution in [2.75, 3.05) is 27.2 Å². The van der Waals surface area contributed by atoms with E-state index in [2.05, 4.69) is 10.3 Å². The van der Waals surface area contributed by atoms with Gasteiger partial charge in [0, 0.05) is 33.4 Å². The lowest BCUT2D eigenvalue weighted by atomic mass is 10.2. The van der Waals surface area contributed by atoms with Crippen LogP contribution in [0, 0.1) is 0 Å². The highest BCUT2D eigenvalue weighted by molar-refractivity contribution is 7.87. The Morgan fingerprint density at radius 2 is 2.25 bits per heavy atom. The van der Waals surface area contributed by atoms with E-state index >= 15 is 0 Å². The molecule has 0 saturated heterocycles. The molecule has 0 atom stereocenters. The quantitative estimate of drug-likeness (QED) is 0.777. The Bertz CT molecular complexity index is 515. The van der Waals surface area contributed by atoms with E-state index < -0.39 is 10.2 Å². The van der Waals surface area contributed by atoms with E-state index in [0.717, 1.165) is 26.9 Å². The van der Waals surface area contributed by atoms with Crippen molar-refractivity contribution in [1.82, 2.24) is 18.6 Å². The van der Waals surface area contributed by atoms with Crippen LogP contribution in [0.5, 0.6) is 0 Å². The Morgan fingerprint density at radius 1 is 1.50 bits per heavy atom. The molecule has 0 fully saturated rings. The SMILES string of the molecule is CN(C)S(=O)(=O)n1cnc(C2=CCNC2)c1. The van der Waals surface area contributed by atoms with Crippen molar-refractivity contribution < 1.29 is 8.42 Å². The summed E-state index contributed by atoms with van der Waals surface area (Å²) in [5.41, 5.74) is 1.74. The summed E-state index contributed by atoms with van der Waals surface area (Å²) in [7, 11) is -0.463. The van der Waals surface area contributed by atoms with Gasteiger partial charge < -0.3 is 5.32 Å². The average Bonchev–Trinajstić information content (AvgIpc) is 2.88. The maximum Gasteiger partial charge on any atom is 0.308 e. The molecule has 16 heavy (non-hydrogen) atoms. The van der Waals surface area contributed by atoms with Crippen molar-refractivity contribution >= 4 is 15.8 Å². The van der Waals surface area contributed by atoms with Gasteiger partial charge >= 0.3 is 10.2 Å². The summed E-state index contributed by atoms with van der Waals surface area (Å²) in [5, 5.41) is 3.14. The molecule has 0 aromatic carbocycles. The first-order valence-corrected chi connectivity index (χ1v) is 6.28. The molecule has 0 aliphatic carbocycles. The number of imidazole rings is 1. The summed E-state index contributed by atoms with van der Waals surface area (Å²) in [4.78, 5) is 4.10. The highest BCUT2D eigenvalue weighted by atomic mass is 32.2. The number of rotatable bonds is 3. The first-order valence-electron chi connectivity index (χ1n) is 4.89. The predicted octanol–water partition coefficient (Wildman–Crippen LogP) is -0.476. The summed E-state index contributed by atoms with van der Waals surface area (Å²) in [6, 6.07) is 0. The van der Waals surface area contributed by atoms with Gasteiger partial charge in [0.2, 0.25) is 0 Å². The van der Waals surface area contributed by atoms with Gasteiger partial charge in [-0.15, -0.1) is 0 Å². The van der Waals surface area contributed by atoms with Crippen molar-refractivity contribution in [3.8, 4) is 0 Å². The number of hydrogen-bond donors (Lipinski definition) is 1. The van der Waals surface area contributed by atoms with Gasteiger partial charge in [-0.2, -0.15) is 12.7 Å². The molecule has 2 rings (SSSR count). The molecule has 0 amide bonds. The van der Waals surface area contributed by atoms with Crippen LogP contribution in [0.25, 0.3) is 5.57 Å². The zero-order valence-electron chi connectivity index (χ0n) is 9.21. The van der Waals surface area contributed by atoms with Crippen molar-refractivity contribution in [3.05, 3.63) is 24.3 Å². The topological polar surface area (TPSA) is 67.2 Å². The molecule has 88 valence electrons. The number of hydrogen-bond acceptors (Lipinski definition) is 4. The lowest BCUT2D eigenvalue weighted by molar-refractivity contribution is 0.510. The Kier molecular flexibility index (Phi) is 2.83. The summed E-state index contributed by atoms with van der Waals surface area (Å²) >= 11 is 0. The molecule has 7 heteroatoms. The molecule has 0 unspecified atom stereocenters. The van der Waals surface area contributed by atoms with Crippen LogP contribution in [0.15, 0.2) is 18.6 Å². The van der Waals surface area contributed by atoms with Crippen LogP contribution in [0.2, 0.25) is 0 Å². The molecular weight excluding hydrogens is 228 g/mol. The third-order valence-electron chi connectivity index (χ3n) is 2.43. The van der Waals surface area contributed by atoms with E-state index in [1.807, 2.05) is 6.08 Å². The third kappa shape index (κ3) is 1.89. The largest absolute Gasteiger partial charge is 0.309 e. The molecule has 0 spiro atoms. The van der Waals surface area contributed by atoms with Crippen LogP contribution in [-0.4, -0.2) is 48.9 Å². The highest BCUT2D eigenvalue weighted by Gasteiger charge is 2.18. The fourth-order valence-corrected chi connectivity index (χ4v) is 2.23. The third-order valence-corrected chi connectivity index (χ3v) is 4.08. The second-order valence-electron chi connectivity index (χ2n) is 3.74. The van der Waals surface area contributed by atoms with Gasteiger partial charge in [0.05, 0.1) is 5.69 Å². The van der Waals surface area contributed by atoms with Gasteiger partial charge in [0.15, 0.2) is 0 Å². The lowest BCUT2D eigenvalue weighted by Gasteiger charge is -2.10. The van der Waals surface area contributed by atoms with E-state index in [1.165, 1.54) is 26.6 Å². The van der Waals surface area contributed by atoms with E-state index in [9.17, 15) is 8.42 Å². The van der Waals surface area contributed by atoms with Crippen LogP contribution >= 0.6 is 0 Å². The van der Waals surface area contributed by atoms with Gasteiger partial charge in [-0.1, -0.05) is 6.08 Å². The molecule has 2 heterocycles. The summed E-state index contributed by atoms with van der Waals surface area (Å²) in [6.07, 6.45) is 4.87. The highest BCUT2D eigenvalue weighted by Crippen LogP contribution is 2.15. The minimum Gasteiger partial charge on any atom is -0.309 e. The van der Waals surface area contributed by atoms with Gasteiger partial charge in [0.25, 0.3) is 0 Å². The van der Waals surface area contributed by atoms with Crippen molar-refractivity contribution in [2.45, 2.75) is 0 Å². The van der Waals surface area contributed by atoms with E-state index in [4.69, 9.17) is 0 Å². The minimum absolute atomic E-state index is 0.704. The summed E-state index contributed by atoms with van der Waals surface area (Å²) in [6.45, 7) is 1.54. The molecule has 1 aliphatic heterocycles. The van der Waals surface area contributed by atoms with E-state index in [-0.39, 0.29) is 0 Å². The maximum atomic E-state index is 11.8. The Labute approximate surface area is 94.8 Å². The smallest absolute Gasteiger partial charge is 0.308 e. The van der Waals surface area contributed by atoms with Crippen LogP contribution in [0.4, 0.5) is 0 Å². The number of aromatic nitrogens is 2. The minimum atomic E-state index is -3.45. The van der Waals surface area contributed by atoms with Crippen molar-refractivity contribution in [3.63, 3.8) is 0 Å². The molecule has 1 N–H and O–H groups in total. The molecule has 0 radical (unpaired) electrons. The van der Waals surface area contributed by atoms with Gasteiger partial charge in [-0.25, -0.2) is 8.96 Å². The normalized spacial score (nSPS) is 16.8. The average molecular weight is 242 g/mol. The summed E-state index contributed by atoms with van der Waals surface area (Å²) < 4.78 is 25.8. The molecule has 1 aromatic heterocycles. The van der Waals surface area contributed by atoms with Gasteiger partial charge in [-0.3, -0.25) is 0 Å². The number of nitrogens with one attached hydrogen (secondary N) is 1. The maximum absolute atomic E-state index is 11.8. The first-order chi connectivity index (χ1) is 7.51. The Morgan fingerprint density at radius 3 is 2.81 bits per heavy atom. The second-order valence-corrected chi connectivity index (χ2v) is 5.79. The van der Waals surface area contributed by atoms with Crippen molar-refractivity contribution in [2.24, 2.45) is 0 Å². The monoisotopic (exact) mass is 242 g/mol. The lowest BCUT2D eigenvalue weighted by Crippen LogP contribution is -2.27. The van der Waals surface area contributed by atoms with E-state index in [0.29, 0.717) is 5.69 Å². The first kappa shape index (κ1) is 11.3. The molecule has 1 aromatic rings. The fraction of sp³-hybridized carbons (Fsp3) is 0.444. The van der Waals surface area contributed by atoms with Crippen LogP contribution < -0.4 is 5.32 Å². The standard InChI is InChI=1S/C9H14N4O2S/c1-12(2)16(14,15)13-6-9(11-7-13)8-3-4-10-5-8/h3,6-7,10H,4-5H2,1-2H3.